The van der Waals surface area contributed by atoms with Crippen molar-refractivity contribution in [1.82, 2.24) is 4.90 Å². The van der Waals surface area contributed by atoms with Gasteiger partial charge in [0.1, 0.15) is 5.82 Å². The Labute approximate surface area is 117 Å². The van der Waals surface area contributed by atoms with Crippen molar-refractivity contribution in [2.45, 2.75) is 31.3 Å². The van der Waals surface area contributed by atoms with Gasteiger partial charge in [-0.1, -0.05) is 24.4 Å². The van der Waals surface area contributed by atoms with Crippen LogP contribution in [0.25, 0.3) is 0 Å². The zero-order valence-electron chi connectivity index (χ0n) is 10.8. The lowest BCUT2D eigenvalue weighted by Gasteiger charge is -2.28. The Bertz CT molecular complexity index is 486. The van der Waals surface area contributed by atoms with Gasteiger partial charge in [-0.3, -0.25) is 4.79 Å². The van der Waals surface area contributed by atoms with E-state index in [9.17, 15) is 14.3 Å². The average molecular weight is 286 g/mol. The molecule has 0 aromatic heterocycles. The van der Waals surface area contributed by atoms with E-state index >= 15 is 0 Å². The zero-order chi connectivity index (χ0) is 14.0. The maximum Gasteiger partial charge on any atom is 0.256 e. The van der Waals surface area contributed by atoms with Crippen LogP contribution in [0.15, 0.2) is 18.2 Å². The fourth-order valence-corrected chi connectivity index (χ4v) is 2.73. The van der Waals surface area contributed by atoms with Gasteiger partial charge in [-0.05, 0) is 31.0 Å². The molecule has 0 unspecified atom stereocenters. The summed E-state index contributed by atoms with van der Waals surface area (Å²) in [4.78, 5) is 13.5. The predicted molar refractivity (Wildman–Crippen MR) is 71.8 cm³/mol. The molecule has 0 spiro atoms. The van der Waals surface area contributed by atoms with Crippen molar-refractivity contribution >= 4 is 17.5 Å². The van der Waals surface area contributed by atoms with Gasteiger partial charge < -0.3 is 10.0 Å². The Kier molecular flexibility index (Phi) is 4.11. The van der Waals surface area contributed by atoms with Crippen LogP contribution in [0.1, 0.15) is 36.0 Å². The number of aliphatic hydroxyl groups is 1. The molecule has 1 aliphatic carbocycles. The maximum atomic E-state index is 13.7. The van der Waals surface area contributed by atoms with E-state index in [1.165, 1.54) is 17.0 Å². The standard InChI is InChI=1S/C14H17ClFNO2/c1-17(9-14(19)6-2-3-7-14)13(18)11-5-4-10(15)8-12(11)16/h4-5,8,19H,2-3,6-7,9H2,1H3. The van der Waals surface area contributed by atoms with E-state index < -0.39 is 17.3 Å². The SMILES string of the molecule is CN(CC1(O)CCCC1)C(=O)c1ccc(Cl)cc1F. The largest absolute Gasteiger partial charge is 0.388 e. The molecule has 1 fully saturated rings. The number of carbonyl (C=O) groups excluding carboxylic acids is 1. The first-order chi connectivity index (χ1) is 8.91. The van der Waals surface area contributed by atoms with Gasteiger partial charge in [0.25, 0.3) is 5.91 Å². The van der Waals surface area contributed by atoms with Gasteiger partial charge in [0.05, 0.1) is 11.2 Å². The number of rotatable bonds is 3. The van der Waals surface area contributed by atoms with Crippen molar-refractivity contribution in [1.29, 1.82) is 0 Å². The van der Waals surface area contributed by atoms with Crippen LogP contribution in [0.5, 0.6) is 0 Å². The number of benzene rings is 1. The highest BCUT2D eigenvalue weighted by Gasteiger charge is 2.33. The molecule has 3 nitrogen and oxygen atoms in total. The summed E-state index contributed by atoms with van der Waals surface area (Å²) >= 11 is 5.66. The summed E-state index contributed by atoms with van der Waals surface area (Å²) in [6.07, 6.45) is 3.31. The summed E-state index contributed by atoms with van der Waals surface area (Å²) in [6.45, 7) is 0.230. The van der Waals surface area contributed by atoms with Crippen LogP contribution in [0.4, 0.5) is 4.39 Å². The van der Waals surface area contributed by atoms with Gasteiger partial charge in [0.15, 0.2) is 0 Å². The number of hydrogen-bond donors (Lipinski definition) is 1. The molecule has 5 heteroatoms. The zero-order valence-corrected chi connectivity index (χ0v) is 11.6. The summed E-state index contributed by atoms with van der Waals surface area (Å²) in [5.41, 5.74) is -0.846. The highest BCUT2D eigenvalue weighted by Crippen LogP contribution is 2.30. The van der Waals surface area contributed by atoms with E-state index in [1.807, 2.05) is 0 Å². The Morgan fingerprint density at radius 2 is 2.11 bits per heavy atom. The summed E-state index contributed by atoms with van der Waals surface area (Å²) in [7, 11) is 1.58. The molecule has 0 saturated heterocycles. The lowest BCUT2D eigenvalue weighted by atomic mass is 10.0. The van der Waals surface area contributed by atoms with Gasteiger partial charge in [-0.2, -0.15) is 0 Å². The van der Waals surface area contributed by atoms with Gasteiger partial charge in [0.2, 0.25) is 0 Å². The van der Waals surface area contributed by atoms with Crippen molar-refractivity contribution in [3.05, 3.63) is 34.6 Å². The molecule has 1 N–H and O–H groups in total. The van der Waals surface area contributed by atoms with Crippen LogP contribution in [0, 0.1) is 5.82 Å². The summed E-state index contributed by atoms with van der Waals surface area (Å²) in [5.74, 6) is -1.07. The third kappa shape index (κ3) is 3.25. The quantitative estimate of drug-likeness (QED) is 0.928. The van der Waals surface area contributed by atoms with Crippen LogP contribution < -0.4 is 0 Å². The molecule has 104 valence electrons. The second-order valence-electron chi connectivity index (χ2n) is 5.22. The first-order valence-electron chi connectivity index (χ1n) is 6.34. The van der Waals surface area contributed by atoms with E-state index in [0.717, 1.165) is 18.9 Å². The fraction of sp³-hybridized carbons (Fsp3) is 0.500. The molecule has 1 aromatic carbocycles. The number of amides is 1. The van der Waals surface area contributed by atoms with Crippen LogP contribution in [-0.4, -0.2) is 35.1 Å². The molecule has 0 atom stereocenters. The van der Waals surface area contributed by atoms with Crippen LogP contribution in [0.2, 0.25) is 5.02 Å². The molecular formula is C14H17ClFNO2. The molecule has 19 heavy (non-hydrogen) atoms. The molecule has 0 bridgehead atoms. The van der Waals surface area contributed by atoms with Crippen molar-refractivity contribution < 1.29 is 14.3 Å². The van der Waals surface area contributed by atoms with Crippen molar-refractivity contribution in [3.63, 3.8) is 0 Å². The van der Waals surface area contributed by atoms with Crippen molar-refractivity contribution in [3.8, 4) is 0 Å². The second kappa shape index (κ2) is 5.47. The van der Waals surface area contributed by atoms with Crippen LogP contribution in [-0.2, 0) is 0 Å². The fourth-order valence-electron chi connectivity index (χ4n) is 2.57. The third-order valence-electron chi connectivity index (χ3n) is 3.57. The van der Waals surface area contributed by atoms with Gasteiger partial charge in [0, 0.05) is 18.6 Å². The van der Waals surface area contributed by atoms with E-state index in [1.54, 1.807) is 7.05 Å². The Balaban J connectivity index is 2.10. The minimum absolute atomic E-state index is 0.0199. The molecule has 1 aromatic rings. The predicted octanol–water partition coefficient (Wildman–Crippen LogP) is 2.86. The number of carbonyl (C=O) groups is 1. The molecule has 1 amide bonds. The first kappa shape index (κ1) is 14.3. The van der Waals surface area contributed by atoms with Crippen molar-refractivity contribution in [2.24, 2.45) is 0 Å². The molecule has 0 aliphatic heterocycles. The first-order valence-corrected chi connectivity index (χ1v) is 6.72. The minimum atomic E-state index is -0.826. The topological polar surface area (TPSA) is 40.5 Å². The van der Waals surface area contributed by atoms with Gasteiger partial charge >= 0.3 is 0 Å². The summed E-state index contributed by atoms with van der Waals surface area (Å²) in [5, 5.41) is 10.5. The lowest BCUT2D eigenvalue weighted by Crippen LogP contribution is -2.42. The Morgan fingerprint density at radius 3 is 2.68 bits per heavy atom. The van der Waals surface area contributed by atoms with Crippen molar-refractivity contribution in [2.75, 3.05) is 13.6 Å². The van der Waals surface area contributed by atoms with E-state index in [4.69, 9.17) is 11.6 Å². The third-order valence-corrected chi connectivity index (χ3v) is 3.81. The van der Waals surface area contributed by atoms with E-state index in [2.05, 4.69) is 0 Å². The molecule has 1 saturated carbocycles. The molecule has 0 radical (unpaired) electrons. The van der Waals surface area contributed by atoms with Crippen LogP contribution >= 0.6 is 11.6 Å². The minimum Gasteiger partial charge on any atom is -0.388 e. The second-order valence-corrected chi connectivity index (χ2v) is 5.65. The van der Waals surface area contributed by atoms with Gasteiger partial charge in [-0.15, -0.1) is 0 Å². The van der Waals surface area contributed by atoms with E-state index in [0.29, 0.717) is 12.8 Å². The number of nitrogens with zero attached hydrogens (tertiary/aromatic N) is 1. The Morgan fingerprint density at radius 1 is 1.47 bits per heavy atom. The van der Waals surface area contributed by atoms with Gasteiger partial charge in [-0.25, -0.2) is 4.39 Å². The molecule has 0 heterocycles. The maximum absolute atomic E-state index is 13.7. The van der Waals surface area contributed by atoms with E-state index in [-0.39, 0.29) is 17.1 Å². The normalized spacial score (nSPS) is 17.5. The van der Waals surface area contributed by atoms with Crippen LogP contribution in [0.3, 0.4) is 0 Å². The highest BCUT2D eigenvalue weighted by molar-refractivity contribution is 6.30. The Hall–Kier alpha value is -1.13. The molecule has 2 rings (SSSR count). The smallest absolute Gasteiger partial charge is 0.256 e. The molecule has 1 aliphatic rings. The number of hydrogen-bond acceptors (Lipinski definition) is 2. The number of halogens is 2. The summed E-state index contributed by atoms with van der Waals surface area (Å²) in [6, 6.07) is 3.97. The average Bonchev–Trinajstić information content (AvgIpc) is 2.75. The number of likely N-dealkylation sites (N-methyl/N-ethyl adjacent to an activating group) is 1. The highest BCUT2D eigenvalue weighted by atomic mass is 35.5. The summed E-state index contributed by atoms with van der Waals surface area (Å²) < 4.78 is 13.7. The lowest BCUT2D eigenvalue weighted by molar-refractivity contribution is 0.0155. The molecular weight excluding hydrogens is 269 g/mol. The monoisotopic (exact) mass is 285 g/mol.